The van der Waals surface area contributed by atoms with Crippen LogP contribution in [-0.2, 0) is 4.74 Å². The van der Waals surface area contributed by atoms with Crippen molar-refractivity contribution in [3.63, 3.8) is 0 Å². The molecule has 0 saturated carbocycles. The number of allylic oxidation sites excluding steroid dienone is 5. The van der Waals surface area contributed by atoms with E-state index in [2.05, 4.69) is 45.9 Å². The molecule has 1 aliphatic carbocycles. The van der Waals surface area contributed by atoms with Gasteiger partial charge in [-0.2, -0.15) is 0 Å². The summed E-state index contributed by atoms with van der Waals surface area (Å²) in [6.07, 6.45) is 10.4. The molecule has 0 aliphatic heterocycles. The zero-order valence-electron chi connectivity index (χ0n) is 16.2. The van der Waals surface area contributed by atoms with Crippen molar-refractivity contribution < 1.29 is 9.53 Å². The van der Waals surface area contributed by atoms with E-state index in [-0.39, 0.29) is 11.4 Å². The van der Waals surface area contributed by atoms with Crippen molar-refractivity contribution in [1.29, 1.82) is 0 Å². The van der Waals surface area contributed by atoms with Crippen LogP contribution in [0, 0.1) is 5.41 Å². The molecule has 0 heterocycles. The quantitative estimate of drug-likeness (QED) is 0.462. The lowest BCUT2D eigenvalue weighted by molar-refractivity contribution is 0.0526. The molecule has 1 aliphatic rings. The maximum atomic E-state index is 11.7. The van der Waals surface area contributed by atoms with Gasteiger partial charge in [0.25, 0.3) is 0 Å². The third-order valence-electron chi connectivity index (χ3n) is 4.87. The van der Waals surface area contributed by atoms with Gasteiger partial charge in [-0.15, -0.1) is 0 Å². The summed E-state index contributed by atoms with van der Waals surface area (Å²) in [7, 11) is 0. The van der Waals surface area contributed by atoms with Crippen LogP contribution in [0.1, 0.15) is 69.8 Å². The summed E-state index contributed by atoms with van der Waals surface area (Å²) in [6, 6.07) is 7.55. The summed E-state index contributed by atoms with van der Waals surface area (Å²) in [5.74, 6) is -0.267. The fourth-order valence-electron chi connectivity index (χ4n) is 3.47. The zero-order valence-corrected chi connectivity index (χ0v) is 16.2. The number of carbonyl (C=O) groups is 1. The highest BCUT2D eigenvalue weighted by atomic mass is 16.5. The highest BCUT2D eigenvalue weighted by Gasteiger charge is 2.26. The molecule has 0 bridgehead atoms. The van der Waals surface area contributed by atoms with Crippen LogP contribution < -0.4 is 0 Å². The van der Waals surface area contributed by atoms with E-state index in [0.717, 1.165) is 5.56 Å². The summed E-state index contributed by atoms with van der Waals surface area (Å²) < 4.78 is 5.01. The van der Waals surface area contributed by atoms with Gasteiger partial charge < -0.3 is 4.74 Å². The second-order valence-corrected chi connectivity index (χ2v) is 7.50. The molecule has 0 amide bonds. The van der Waals surface area contributed by atoms with Gasteiger partial charge in [0.2, 0.25) is 0 Å². The Hall–Kier alpha value is -2.09. The van der Waals surface area contributed by atoms with Crippen LogP contribution in [0.5, 0.6) is 0 Å². The number of hydrogen-bond donors (Lipinski definition) is 0. The lowest BCUT2D eigenvalue weighted by Gasteiger charge is -2.32. The molecule has 25 heavy (non-hydrogen) atoms. The predicted octanol–water partition coefficient (Wildman–Crippen LogP) is 6.35. The molecule has 134 valence electrons. The minimum Gasteiger partial charge on any atom is -0.462 e. The monoisotopic (exact) mass is 338 g/mol. The fraction of sp³-hybridized carbons (Fsp3) is 0.435. The van der Waals surface area contributed by atoms with Crippen LogP contribution in [-0.4, -0.2) is 12.6 Å². The van der Waals surface area contributed by atoms with Crippen molar-refractivity contribution in [3.05, 3.63) is 64.3 Å². The lowest BCUT2D eigenvalue weighted by Crippen LogP contribution is -2.19. The topological polar surface area (TPSA) is 26.3 Å². The predicted molar refractivity (Wildman–Crippen MR) is 106 cm³/mol. The Morgan fingerprint density at radius 2 is 1.92 bits per heavy atom. The van der Waals surface area contributed by atoms with Crippen LogP contribution in [0.2, 0.25) is 0 Å². The second-order valence-electron chi connectivity index (χ2n) is 7.50. The summed E-state index contributed by atoms with van der Waals surface area (Å²) in [6.45, 7) is 11.3. The highest BCUT2D eigenvalue weighted by molar-refractivity contribution is 5.89. The van der Waals surface area contributed by atoms with Crippen molar-refractivity contribution in [2.45, 2.75) is 53.9 Å². The van der Waals surface area contributed by atoms with Gasteiger partial charge in [-0.25, -0.2) is 4.79 Å². The molecule has 0 aromatic heterocycles. The van der Waals surface area contributed by atoms with Gasteiger partial charge in [0.1, 0.15) is 0 Å². The Morgan fingerprint density at radius 1 is 1.24 bits per heavy atom. The molecule has 0 N–H and O–H groups in total. The molecule has 0 saturated heterocycles. The Kier molecular flexibility index (Phi) is 6.41. The molecular formula is C23H30O2. The van der Waals surface area contributed by atoms with Crippen molar-refractivity contribution in [1.82, 2.24) is 0 Å². The third-order valence-corrected chi connectivity index (χ3v) is 4.87. The maximum Gasteiger partial charge on any atom is 0.338 e. The van der Waals surface area contributed by atoms with Gasteiger partial charge in [-0.05, 0) is 68.7 Å². The third kappa shape index (κ3) is 5.19. The van der Waals surface area contributed by atoms with Crippen molar-refractivity contribution >= 4 is 12.0 Å². The van der Waals surface area contributed by atoms with E-state index < -0.39 is 0 Å². The Labute approximate surface area is 152 Å². The van der Waals surface area contributed by atoms with Gasteiger partial charge in [0.05, 0.1) is 12.2 Å². The first-order valence-corrected chi connectivity index (χ1v) is 9.17. The molecule has 0 fully saturated rings. The van der Waals surface area contributed by atoms with Gasteiger partial charge in [-0.1, -0.05) is 55.4 Å². The zero-order chi connectivity index (χ0) is 18.4. The molecule has 0 atom stereocenters. The summed E-state index contributed by atoms with van der Waals surface area (Å²) in [5, 5.41) is 0. The van der Waals surface area contributed by atoms with Gasteiger partial charge in [0.15, 0.2) is 0 Å². The first kappa shape index (κ1) is 19.2. The number of benzene rings is 1. The molecule has 2 heteroatoms. The number of carbonyl (C=O) groups excluding carboxylic acids is 1. The summed E-state index contributed by atoms with van der Waals surface area (Å²) in [4.78, 5) is 11.7. The lowest BCUT2D eigenvalue weighted by atomic mass is 9.72. The van der Waals surface area contributed by atoms with Gasteiger partial charge in [-0.3, -0.25) is 0 Å². The van der Waals surface area contributed by atoms with Crippen molar-refractivity contribution in [3.8, 4) is 0 Å². The largest absolute Gasteiger partial charge is 0.462 e. The Morgan fingerprint density at radius 3 is 2.52 bits per heavy atom. The molecule has 2 rings (SSSR count). The van der Waals surface area contributed by atoms with Crippen LogP contribution in [0.4, 0.5) is 0 Å². The fourth-order valence-corrected chi connectivity index (χ4v) is 3.47. The molecule has 0 spiro atoms. The summed E-state index contributed by atoms with van der Waals surface area (Å²) >= 11 is 0. The Bertz CT molecular complexity index is 700. The minimum absolute atomic E-state index is 0.264. The van der Waals surface area contributed by atoms with Crippen molar-refractivity contribution in [2.75, 3.05) is 6.61 Å². The van der Waals surface area contributed by atoms with E-state index in [0.29, 0.717) is 12.2 Å². The average Bonchev–Trinajstić information content (AvgIpc) is 2.54. The van der Waals surface area contributed by atoms with E-state index in [1.54, 1.807) is 0 Å². The molecule has 1 aromatic carbocycles. The van der Waals surface area contributed by atoms with E-state index >= 15 is 0 Å². The van der Waals surface area contributed by atoms with Crippen molar-refractivity contribution in [2.24, 2.45) is 5.41 Å². The minimum atomic E-state index is -0.267. The Balaban J connectivity index is 2.12. The SMILES string of the molecule is CCOC(=O)c1ccc(/C=C(C)/C=C/C2=C(C)CCCC2(C)C)cc1. The van der Waals surface area contributed by atoms with E-state index in [1.165, 1.54) is 36.0 Å². The summed E-state index contributed by atoms with van der Waals surface area (Å²) in [5.41, 5.74) is 6.13. The first-order valence-electron chi connectivity index (χ1n) is 9.17. The number of esters is 1. The van der Waals surface area contributed by atoms with E-state index in [1.807, 2.05) is 31.2 Å². The highest BCUT2D eigenvalue weighted by Crippen LogP contribution is 2.40. The first-order chi connectivity index (χ1) is 11.8. The molecule has 0 radical (unpaired) electrons. The second kappa shape index (κ2) is 8.33. The van der Waals surface area contributed by atoms with Gasteiger partial charge >= 0.3 is 5.97 Å². The standard InChI is InChI=1S/C23H30O2/c1-6-25-22(24)20-12-10-19(11-13-20)16-17(2)9-14-21-18(3)8-7-15-23(21,4)5/h9-14,16H,6-8,15H2,1-5H3/b14-9+,17-16+. The molecule has 1 aromatic rings. The van der Waals surface area contributed by atoms with E-state index in [4.69, 9.17) is 4.74 Å². The van der Waals surface area contributed by atoms with Crippen LogP contribution in [0.15, 0.2) is 53.1 Å². The number of hydrogen-bond acceptors (Lipinski definition) is 2. The van der Waals surface area contributed by atoms with Gasteiger partial charge in [0, 0.05) is 0 Å². The average molecular weight is 338 g/mol. The smallest absolute Gasteiger partial charge is 0.338 e. The van der Waals surface area contributed by atoms with Crippen LogP contribution >= 0.6 is 0 Å². The normalized spacial score (nSPS) is 17.9. The van der Waals surface area contributed by atoms with Crippen LogP contribution in [0.25, 0.3) is 6.08 Å². The van der Waals surface area contributed by atoms with E-state index in [9.17, 15) is 4.79 Å². The maximum absolute atomic E-state index is 11.7. The molecule has 2 nitrogen and oxygen atoms in total. The molecular weight excluding hydrogens is 308 g/mol. The van der Waals surface area contributed by atoms with Crippen LogP contribution in [0.3, 0.4) is 0 Å². The number of ether oxygens (including phenoxy) is 1. The molecule has 0 unspecified atom stereocenters. The number of rotatable bonds is 5.